The molecule has 1 saturated heterocycles. The molecule has 0 spiro atoms. The van der Waals surface area contributed by atoms with E-state index in [0.717, 1.165) is 45.1 Å². The van der Waals surface area contributed by atoms with E-state index >= 15 is 0 Å². The van der Waals surface area contributed by atoms with Crippen LogP contribution in [-0.2, 0) is 6.54 Å². The van der Waals surface area contributed by atoms with Gasteiger partial charge in [0.15, 0.2) is 0 Å². The number of hydrogen-bond donors (Lipinski definition) is 0. The standard InChI is InChI=1S/C19H26N4O3/c1-15-20-6-7-22(15)11-8-21-9-12-23(13-10-21)19(24)17-5-4-16(25-2)14-18(17)26-3/h4-7,14H,8-13H2,1-3H3. The molecule has 1 aromatic heterocycles. The smallest absolute Gasteiger partial charge is 0.257 e. The summed E-state index contributed by atoms with van der Waals surface area (Å²) in [6.45, 7) is 7.08. The molecule has 0 unspecified atom stereocenters. The average Bonchev–Trinajstić information content (AvgIpc) is 3.10. The molecule has 0 aliphatic carbocycles. The van der Waals surface area contributed by atoms with Crippen LogP contribution in [0.2, 0.25) is 0 Å². The Labute approximate surface area is 154 Å². The van der Waals surface area contributed by atoms with E-state index in [1.54, 1.807) is 32.4 Å². The Hall–Kier alpha value is -2.54. The van der Waals surface area contributed by atoms with E-state index in [0.29, 0.717) is 17.1 Å². The van der Waals surface area contributed by atoms with Crippen molar-refractivity contribution >= 4 is 5.91 Å². The highest BCUT2D eigenvalue weighted by Crippen LogP contribution is 2.26. The molecule has 1 aliphatic rings. The van der Waals surface area contributed by atoms with Gasteiger partial charge in [-0.05, 0) is 19.1 Å². The van der Waals surface area contributed by atoms with Crippen LogP contribution in [0.3, 0.4) is 0 Å². The first kappa shape index (κ1) is 18.3. The minimum Gasteiger partial charge on any atom is -0.497 e. The number of benzene rings is 1. The van der Waals surface area contributed by atoms with Crippen molar-refractivity contribution in [3.05, 3.63) is 42.0 Å². The summed E-state index contributed by atoms with van der Waals surface area (Å²) in [6, 6.07) is 5.31. The summed E-state index contributed by atoms with van der Waals surface area (Å²) in [5.41, 5.74) is 0.579. The largest absolute Gasteiger partial charge is 0.497 e. The third kappa shape index (κ3) is 3.99. The van der Waals surface area contributed by atoms with Gasteiger partial charge in [0.1, 0.15) is 17.3 Å². The van der Waals surface area contributed by atoms with E-state index in [9.17, 15) is 4.79 Å². The number of hydrogen-bond acceptors (Lipinski definition) is 5. The van der Waals surface area contributed by atoms with E-state index in [-0.39, 0.29) is 5.91 Å². The fraction of sp³-hybridized carbons (Fsp3) is 0.474. The van der Waals surface area contributed by atoms with Crippen molar-refractivity contribution in [1.82, 2.24) is 19.4 Å². The molecule has 0 radical (unpaired) electrons. The predicted octanol–water partition coefficient (Wildman–Crippen LogP) is 1.67. The van der Waals surface area contributed by atoms with Gasteiger partial charge in [0.05, 0.1) is 19.8 Å². The zero-order chi connectivity index (χ0) is 18.5. The van der Waals surface area contributed by atoms with Crippen molar-refractivity contribution in [2.24, 2.45) is 0 Å². The lowest BCUT2D eigenvalue weighted by atomic mass is 10.1. The van der Waals surface area contributed by atoms with Crippen LogP contribution in [0.25, 0.3) is 0 Å². The van der Waals surface area contributed by atoms with Gasteiger partial charge in [-0.3, -0.25) is 9.69 Å². The molecule has 1 aliphatic heterocycles. The van der Waals surface area contributed by atoms with Crippen molar-refractivity contribution in [3.63, 3.8) is 0 Å². The average molecular weight is 358 g/mol. The van der Waals surface area contributed by atoms with E-state index in [1.807, 2.05) is 24.2 Å². The van der Waals surface area contributed by atoms with Crippen LogP contribution in [-0.4, -0.2) is 72.2 Å². The molecule has 3 rings (SSSR count). The Bertz CT molecular complexity index is 751. The SMILES string of the molecule is COc1ccc(C(=O)N2CCN(CCn3ccnc3C)CC2)c(OC)c1. The fourth-order valence-corrected chi connectivity index (χ4v) is 3.21. The highest BCUT2D eigenvalue weighted by molar-refractivity contribution is 5.97. The van der Waals surface area contributed by atoms with Crippen molar-refractivity contribution in [1.29, 1.82) is 0 Å². The van der Waals surface area contributed by atoms with E-state index in [2.05, 4.69) is 14.5 Å². The van der Waals surface area contributed by atoms with Gasteiger partial charge in [-0.25, -0.2) is 4.98 Å². The van der Waals surface area contributed by atoms with Crippen molar-refractivity contribution < 1.29 is 14.3 Å². The number of imidazole rings is 1. The summed E-state index contributed by atoms with van der Waals surface area (Å²) in [6.07, 6.45) is 3.83. The minimum absolute atomic E-state index is 0.00890. The maximum Gasteiger partial charge on any atom is 0.257 e. The Morgan fingerprint density at radius 1 is 1.12 bits per heavy atom. The van der Waals surface area contributed by atoms with Crippen LogP contribution in [0, 0.1) is 6.92 Å². The van der Waals surface area contributed by atoms with E-state index < -0.39 is 0 Å². The zero-order valence-corrected chi connectivity index (χ0v) is 15.6. The Morgan fingerprint density at radius 3 is 2.50 bits per heavy atom. The van der Waals surface area contributed by atoms with Crippen LogP contribution in [0.4, 0.5) is 0 Å². The monoisotopic (exact) mass is 358 g/mol. The van der Waals surface area contributed by atoms with Gasteiger partial charge in [-0.2, -0.15) is 0 Å². The van der Waals surface area contributed by atoms with E-state index in [1.165, 1.54) is 0 Å². The number of aryl methyl sites for hydroxylation is 1. The first-order valence-corrected chi connectivity index (χ1v) is 8.83. The van der Waals surface area contributed by atoms with Gasteiger partial charge in [0, 0.05) is 57.7 Å². The number of rotatable bonds is 6. The van der Waals surface area contributed by atoms with Gasteiger partial charge in [0.25, 0.3) is 5.91 Å². The molecule has 1 amide bonds. The van der Waals surface area contributed by atoms with Crippen molar-refractivity contribution in [3.8, 4) is 11.5 Å². The third-order valence-electron chi connectivity index (χ3n) is 4.88. The lowest BCUT2D eigenvalue weighted by Gasteiger charge is -2.35. The molecule has 2 heterocycles. The zero-order valence-electron chi connectivity index (χ0n) is 15.6. The summed E-state index contributed by atoms with van der Waals surface area (Å²) in [5, 5.41) is 0. The molecular formula is C19H26N4O3. The third-order valence-corrected chi connectivity index (χ3v) is 4.88. The lowest BCUT2D eigenvalue weighted by molar-refractivity contribution is 0.0630. The summed E-state index contributed by atoms with van der Waals surface area (Å²) in [4.78, 5) is 21.4. The molecule has 2 aromatic rings. The summed E-state index contributed by atoms with van der Waals surface area (Å²) < 4.78 is 12.7. The number of carbonyl (C=O) groups is 1. The number of piperazine rings is 1. The van der Waals surface area contributed by atoms with Gasteiger partial charge in [-0.15, -0.1) is 0 Å². The van der Waals surface area contributed by atoms with Crippen LogP contribution < -0.4 is 9.47 Å². The molecule has 0 bridgehead atoms. The Balaban J connectivity index is 1.56. The van der Waals surface area contributed by atoms with Gasteiger partial charge >= 0.3 is 0 Å². The molecule has 26 heavy (non-hydrogen) atoms. The quantitative estimate of drug-likeness (QED) is 0.786. The normalized spacial score (nSPS) is 15.1. The number of methoxy groups -OCH3 is 2. The maximum atomic E-state index is 12.8. The molecule has 0 N–H and O–H groups in total. The second-order valence-corrected chi connectivity index (χ2v) is 6.37. The van der Waals surface area contributed by atoms with Crippen LogP contribution in [0.1, 0.15) is 16.2 Å². The van der Waals surface area contributed by atoms with Gasteiger partial charge in [0.2, 0.25) is 0 Å². The number of carbonyl (C=O) groups excluding carboxylic acids is 1. The molecule has 7 nitrogen and oxygen atoms in total. The van der Waals surface area contributed by atoms with Crippen molar-refractivity contribution in [2.45, 2.75) is 13.5 Å². The predicted molar refractivity (Wildman–Crippen MR) is 98.9 cm³/mol. The molecule has 140 valence electrons. The summed E-state index contributed by atoms with van der Waals surface area (Å²) >= 11 is 0. The second-order valence-electron chi connectivity index (χ2n) is 6.37. The summed E-state index contributed by atoms with van der Waals surface area (Å²) in [5.74, 6) is 2.27. The number of aromatic nitrogens is 2. The van der Waals surface area contributed by atoms with Crippen molar-refractivity contribution in [2.75, 3.05) is 46.9 Å². The Morgan fingerprint density at radius 2 is 1.88 bits per heavy atom. The first-order chi connectivity index (χ1) is 12.6. The fourth-order valence-electron chi connectivity index (χ4n) is 3.21. The number of ether oxygens (including phenoxy) is 2. The molecule has 7 heteroatoms. The maximum absolute atomic E-state index is 12.8. The van der Waals surface area contributed by atoms with Crippen LogP contribution in [0.5, 0.6) is 11.5 Å². The number of amides is 1. The second kappa shape index (κ2) is 8.23. The highest BCUT2D eigenvalue weighted by atomic mass is 16.5. The number of nitrogens with zero attached hydrogens (tertiary/aromatic N) is 4. The lowest BCUT2D eigenvalue weighted by Crippen LogP contribution is -2.49. The Kier molecular flexibility index (Phi) is 5.78. The van der Waals surface area contributed by atoms with Crippen LogP contribution in [0.15, 0.2) is 30.6 Å². The van der Waals surface area contributed by atoms with Crippen LogP contribution >= 0.6 is 0 Å². The van der Waals surface area contributed by atoms with Gasteiger partial charge in [-0.1, -0.05) is 0 Å². The van der Waals surface area contributed by atoms with E-state index in [4.69, 9.17) is 9.47 Å². The minimum atomic E-state index is 0.00890. The molecule has 0 atom stereocenters. The highest BCUT2D eigenvalue weighted by Gasteiger charge is 2.24. The molecule has 0 saturated carbocycles. The van der Waals surface area contributed by atoms with Gasteiger partial charge < -0.3 is 18.9 Å². The molecular weight excluding hydrogens is 332 g/mol. The first-order valence-electron chi connectivity index (χ1n) is 8.83. The molecule has 1 aromatic carbocycles. The summed E-state index contributed by atoms with van der Waals surface area (Å²) in [7, 11) is 3.17. The molecule has 1 fully saturated rings. The topological polar surface area (TPSA) is 59.8 Å².